The highest BCUT2D eigenvalue weighted by atomic mass is 32.1. The molecule has 1 saturated carbocycles. The molecule has 0 bridgehead atoms. The van der Waals surface area contributed by atoms with E-state index in [4.69, 9.17) is 9.47 Å². The van der Waals surface area contributed by atoms with Crippen molar-refractivity contribution in [3.8, 4) is 0 Å². The largest absolute Gasteiger partial charge is 0.461 e. The van der Waals surface area contributed by atoms with Crippen molar-refractivity contribution in [3.05, 3.63) is 63.0 Å². The molecule has 8 heteroatoms. The highest BCUT2D eigenvalue weighted by Gasteiger charge is 2.24. The molecule has 2 unspecified atom stereocenters. The van der Waals surface area contributed by atoms with E-state index in [1.54, 1.807) is 6.92 Å². The monoisotopic (exact) mass is 468 g/mol. The fraction of sp³-hybridized carbons (Fsp3) is 0.440. The molecule has 7 nitrogen and oxygen atoms in total. The van der Waals surface area contributed by atoms with Gasteiger partial charge in [0.25, 0.3) is 5.56 Å². The average Bonchev–Trinajstić information content (AvgIpc) is 3.13. The summed E-state index contributed by atoms with van der Waals surface area (Å²) in [7, 11) is 0. The van der Waals surface area contributed by atoms with Crippen LogP contribution in [0.4, 0.5) is 0 Å². The number of rotatable bonds is 7. The lowest BCUT2D eigenvalue weighted by molar-refractivity contribution is -0.152. The molecule has 174 valence electrons. The van der Waals surface area contributed by atoms with E-state index in [9.17, 15) is 14.4 Å². The zero-order valence-electron chi connectivity index (χ0n) is 18.9. The Labute approximate surface area is 196 Å². The number of ether oxygens (including phenoxy) is 2. The first-order valence-electron chi connectivity index (χ1n) is 11.3. The predicted molar refractivity (Wildman–Crippen MR) is 127 cm³/mol. The van der Waals surface area contributed by atoms with Gasteiger partial charge in [-0.25, -0.2) is 9.78 Å². The summed E-state index contributed by atoms with van der Waals surface area (Å²) in [4.78, 5) is 43.2. The van der Waals surface area contributed by atoms with Crippen molar-refractivity contribution in [2.45, 2.75) is 58.6 Å². The van der Waals surface area contributed by atoms with E-state index in [1.807, 2.05) is 30.3 Å². The molecule has 2 atom stereocenters. The van der Waals surface area contributed by atoms with Crippen molar-refractivity contribution in [1.82, 2.24) is 9.55 Å². The highest BCUT2D eigenvalue weighted by Crippen LogP contribution is 2.28. The Bertz CT molecular complexity index is 1200. The maximum Gasteiger partial charge on any atom is 0.348 e. The number of benzene rings is 1. The van der Waals surface area contributed by atoms with Gasteiger partial charge in [-0.2, -0.15) is 0 Å². The SMILES string of the molecule is Cc1c(C(=O)OCCc2ccccc2)sc2ncn(CC(=O)OC3CCCC(C)C3)c(=O)c12. The molecule has 1 fully saturated rings. The van der Waals surface area contributed by atoms with Gasteiger partial charge in [0.1, 0.15) is 22.4 Å². The third-order valence-electron chi connectivity index (χ3n) is 6.06. The van der Waals surface area contributed by atoms with Gasteiger partial charge in [0, 0.05) is 6.42 Å². The van der Waals surface area contributed by atoms with E-state index in [1.165, 1.54) is 10.9 Å². The first-order valence-corrected chi connectivity index (χ1v) is 12.1. The summed E-state index contributed by atoms with van der Waals surface area (Å²) >= 11 is 1.13. The lowest BCUT2D eigenvalue weighted by Crippen LogP contribution is -2.30. The number of thiophene rings is 1. The lowest BCUT2D eigenvalue weighted by atomic mass is 9.89. The first-order chi connectivity index (χ1) is 15.9. The van der Waals surface area contributed by atoms with Crippen LogP contribution in [0, 0.1) is 12.8 Å². The Morgan fingerprint density at radius 3 is 2.76 bits per heavy atom. The molecule has 1 aliphatic carbocycles. The van der Waals surface area contributed by atoms with Gasteiger partial charge in [0.2, 0.25) is 0 Å². The van der Waals surface area contributed by atoms with Crippen molar-refractivity contribution in [1.29, 1.82) is 0 Å². The first kappa shape index (κ1) is 23.2. The van der Waals surface area contributed by atoms with Gasteiger partial charge in [-0.15, -0.1) is 11.3 Å². The third kappa shape index (κ3) is 5.50. The summed E-state index contributed by atoms with van der Waals surface area (Å²) in [5.41, 5.74) is 1.25. The van der Waals surface area contributed by atoms with Gasteiger partial charge >= 0.3 is 11.9 Å². The summed E-state index contributed by atoms with van der Waals surface area (Å²) < 4.78 is 12.3. The molecule has 3 aromatic rings. The molecule has 2 heterocycles. The van der Waals surface area contributed by atoms with Crippen molar-refractivity contribution in [3.63, 3.8) is 0 Å². The Kier molecular flexibility index (Phi) is 7.23. The molecule has 1 aromatic carbocycles. The summed E-state index contributed by atoms with van der Waals surface area (Å²) in [5.74, 6) is -0.370. The van der Waals surface area contributed by atoms with Crippen LogP contribution in [0.25, 0.3) is 10.2 Å². The zero-order valence-corrected chi connectivity index (χ0v) is 19.7. The Balaban J connectivity index is 1.44. The topological polar surface area (TPSA) is 87.5 Å². The molecular formula is C25H28N2O5S. The van der Waals surface area contributed by atoms with Gasteiger partial charge < -0.3 is 9.47 Å². The van der Waals surface area contributed by atoms with Crippen LogP contribution in [0.5, 0.6) is 0 Å². The van der Waals surface area contributed by atoms with Crippen molar-refractivity contribution >= 4 is 33.5 Å². The number of carbonyl (C=O) groups excluding carboxylic acids is 2. The highest BCUT2D eigenvalue weighted by molar-refractivity contribution is 7.20. The second-order valence-electron chi connectivity index (χ2n) is 8.67. The Morgan fingerprint density at radius 2 is 2.00 bits per heavy atom. The smallest absolute Gasteiger partial charge is 0.348 e. The summed E-state index contributed by atoms with van der Waals surface area (Å²) in [6.07, 6.45) is 5.79. The maximum absolute atomic E-state index is 13.0. The Hall–Kier alpha value is -3.00. The molecule has 0 amide bonds. The van der Waals surface area contributed by atoms with Crippen LogP contribution >= 0.6 is 11.3 Å². The number of hydrogen-bond acceptors (Lipinski definition) is 7. The number of fused-ring (bicyclic) bond motifs is 1. The minimum Gasteiger partial charge on any atom is -0.461 e. The molecule has 0 saturated heterocycles. The van der Waals surface area contributed by atoms with Crippen LogP contribution in [0.15, 0.2) is 41.5 Å². The maximum atomic E-state index is 13.0. The summed E-state index contributed by atoms with van der Waals surface area (Å²) in [6.45, 7) is 3.92. The second-order valence-corrected chi connectivity index (χ2v) is 9.67. The van der Waals surface area contributed by atoms with Crippen LogP contribution < -0.4 is 5.56 Å². The predicted octanol–water partition coefficient (Wildman–Crippen LogP) is 4.29. The zero-order chi connectivity index (χ0) is 23.4. The van der Waals surface area contributed by atoms with E-state index in [0.29, 0.717) is 33.0 Å². The molecule has 33 heavy (non-hydrogen) atoms. The fourth-order valence-electron chi connectivity index (χ4n) is 4.29. The van der Waals surface area contributed by atoms with Gasteiger partial charge in [-0.05, 0) is 43.2 Å². The third-order valence-corrected chi connectivity index (χ3v) is 7.24. The van der Waals surface area contributed by atoms with Crippen LogP contribution in [0.2, 0.25) is 0 Å². The van der Waals surface area contributed by atoms with Crippen LogP contribution in [0.1, 0.15) is 53.4 Å². The molecule has 4 rings (SSSR count). The number of esters is 2. The number of aryl methyl sites for hydroxylation is 1. The fourth-order valence-corrected chi connectivity index (χ4v) is 5.32. The summed E-state index contributed by atoms with van der Waals surface area (Å²) in [5, 5.41) is 0.344. The van der Waals surface area contributed by atoms with E-state index in [0.717, 1.165) is 42.6 Å². The van der Waals surface area contributed by atoms with Crippen LogP contribution in [0.3, 0.4) is 0 Å². The number of carbonyl (C=O) groups is 2. The van der Waals surface area contributed by atoms with Gasteiger partial charge in [-0.1, -0.05) is 43.7 Å². The molecule has 2 aromatic heterocycles. The number of aromatic nitrogens is 2. The van der Waals surface area contributed by atoms with E-state index >= 15 is 0 Å². The van der Waals surface area contributed by atoms with Gasteiger partial charge in [0.15, 0.2) is 0 Å². The number of nitrogens with zero attached hydrogens (tertiary/aromatic N) is 2. The number of hydrogen-bond donors (Lipinski definition) is 0. The van der Waals surface area contributed by atoms with E-state index in [-0.39, 0.29) is 24.8 Å². The van der Waals surface area contributed by atoms with Crippen molar-refractivity contribution in [2.75, 3.05) is 6.61 Å². The van der Waals surface area contributed by atoms with Gasteiger partial charge in [0.05, 0.1) is 18.3 Å². The standard InChI is InChI=1S/C25H28N2O5S/c1-16-7-6-10-19(13-16)32-20(28)14-27-15-26-23-21(24(27)29)17(2)22(33-23)25(30)31-12-11-18-8-4-3-5-9-18/h3-5,8-9,15-16,19H,6-7,10-14H2,1-2H3. The average molecular weight is 469 g/mol. The molecular weight excluding hydrogens is 440 g/mol. The Morgan fingerprint density at radius 1 is 1.21 bits per heavy atom. The van der Waals surface area contributed by atoms with Crippen molar-refractivity contribution < 1.29 is 19.1 Å². The lowest BCUT2D eigenvalue weighted by Gasteiger charge is -2.26. The minimum atomic E-state index is -0.469. The normalized spacial score (nSPS) is 18.2. The van der Waals surface area contributed by atoms with Crippen molar-refractivity contribution in [2.24, 2.45) is 5.92 Å². The molecule has 1 aliphatic rings. The molecule has 0 aliphatic heterocycles. The molecule has 0 spiro atoms. The molecule has 0 radical (unpaired) electrons. The van der Waals surface area contributed by atoms with Crippen LogP contribution in [-0.4, -0.2) is 34.2 Å². The minimum absolute atomic E-state index is 0.0891. The van der Waals surface area contributed by atoms with E-state index in [2.05, 4.69) is 11.9 Å². The summed E-state index contributed by atoms with van der Waals surface area (Å²) in [6, 6.07) is 9.77. The van der Waals surface area contributed by atoms with E-state index < -0.39 is 11.9 Å². The van der Waals surface area contributed by atoms with Crippen LogP contribution in [-0.2, 0) is 27.2 Å². The second kappa shape index (κ2) is 10.3. The quantitative estimate of drug-likeness (QED) is 0.481. The molecule has 0 N–H and O–H groups in total. The van der Waals surface area contributed by atoms with Gasteiger partial charge in [-0.3, -0.25) is 14.2 Å².